The zero-order valence-corrected chi connectivity index (χ0v) is 17.9. The van der Waals surface area contributed by atoms with E-state index in [0.717, 1.165) is 34.4 Å². The highest BCUT2D eigenvalue weighted by Gasteiger charge is 2.31. The molecule has 4 rings (SSSR count). The third kappa shape index (κ3) is 5.93. The van der Waals surface area contributed by atoms with Gasteiger partial charge in [-0.05, 0) is 64.8 Å². The molecule has 4 nitrogen and oxygen atoms in total. The van der Waals surface area contributed by atoms with E-state index in [0.29, 0.717) is 24.8 Å². The Morgan fingerprint density at radius 1 is 0.909 bits per heavy atom. The molecule has 3 aromatic rings. The number of alkyl halides is 3. The van der Waals surface area contributed by atoms with Crippen molar-refractivity contribution in [3.63, 3.8) is 0 Å². The van der Waals surface area contributed by atoms with E-state index in [9.17, 15) is 23.1 Å². The van der Waals surface area contributed by atoms with Crippen LogP contribution in [0, 0.1) is 0 Å². The van der Waals surface area contributed by atoms with Gasteiger partial charge in [0, 0.05) is 6.04 Å². The van der Waals surface area contributed by atoms with Gasteiger partial charge >= 0.3 is 12.3 Å². The van der Waals surface area contributed by atoms with E-state index in [-0.39, 0.29) is 18.2 Å². The fraction of sp³-hybridized carbons (Fsp3) is 0.269. The highest BCUT2D eigenvalue weighted by Crippen LogP contribution is 2.32. The second-order valence-electron chi connectivity index (χ2n) is 8.29. The van der Waals surface area contributed by atoms with E-state index in [1.54, 1.807) is 6.07 Å². The molecule has 0 aromatic heterocycles. The molecule has 7 heteroatoms. The first kappa shape index (κ1) is 22.9. The van der Waals surface area contributed by atoms with Gasteiger partial charge in [0.05, 0.1) is 12.2 Å². The molecule has 0 saturated heterocycles. The van der Waals surface area contributed by atoms with Crippen molar-refractivity contribution in [3.8, 4) is 0 Å². The van der Waals surface area contributed by atoms with Gasteiger partial charge in [0.15, 0.2) is 0 Å². The molecule has 172 valence electrons. The Bertz CT molecular complexity index is 1130. The highest BCUT2D eigenvalue weighted by atomic mass is 19.4. The predicted octanol–water partition coefficient (Wildman–Crippen LogP) is 5.18. The van der Waals surface area contributed by atoms with Crippen LogP contribution in [0.4, 0.5) is 18.0 Å². The monoisotopic (exact) mass is 455 g/mol. The van der Waals surface area contributed by atoms with E-state index in [1.165, 1.54) is 0 Å². The second-order valence-corrected chi connectivity index (χ2v) is 8.29. The number of ether oxygens (including phenoxy) is 1. The van der Waals surface area contributed by atoms with E-state index in [2.05, 4.69) is 5.32 Å². The molecule has 1 atom stereocenters. The lowest BCUT2D eigenvalue weighted by Gasteiger charge is -2.12. The number of aliphatic hydroxyl groups is 1. The van der Waals surface area contributed by atoms with Gasteiger partial charge < -0.3 is 15.2 Å². The van der Waals surface area contributed by atoms with Gasteiger partial charge in [0.25, 0.3) is 0 Å². The van der Waals surface area contributed by atoms with Crippen molar-refractivity contribution in [2.45, 2.75) is 44.7 Å². The zero-order chi connectivity index (χ0) is 23.4. The lowest BCUT2D eigenvalue weighted by atomic mass is 9.97. The maximum Gasteiger partial charge on any atom is 0.416 e. The topological polar surface area (TPSA) is 58.6 Å². The summed E-state index contributed by atoms with van der Waals surface area (Å²) in [4.78, 5) is 12.2. The number of fused-ring (bicyclic) bond motifs is 1. The molecule has 0 heterocycles. The summed E-state index contributed by atoms with van der Waals surface area (Å²) in [6.07, 6.45) is -3.31. The maximum atomic E-state index is 13.2. The summed E-state index contributed by atoms with van der Waals surface area (Å²) < 4.78 is 44.8. The first-order valence-electron chi connectivity index (χ1n) is 10.7. The van der Waals surface area contributed by atoms with E-state index < -0.39 is 24.4 Å². The van der Waals surface area contributed by atoms with Crippen LogP contribution < -0.4 is 5.32 Å². The molecule has 0 aliphatic heterocycles. The van der Waals surface area contributed by atoms with Gasteiger partial charge in [-0.1, -0.05) is 54.6 Å². The van der Waals surface area contributed by atoms with Gasteiger partial charge in [-0.25, -0.2) is 4.79 Å². The number of alkyl carbamates (subject to hydrolysis) is 1. The molecule has 1 amide bonds. The number of hydrogen-bond donors (Lipinski definition) is 2. The number of amides is 1. The number of carbonyl (C=O) groups is 1. The molecular formula is C26H24F3NO3. The SMILES string of the molecule is O=C(NC1Cc2ccc(Cc3cc(CO)cc(C(F)(F)F)c3)cc2C1)OCc1ccccc1. The Kier molecular flexibility index (Phi) is 6.70. The highest BCUT2D eigenvalue weighted by molar-refractivity contribution is 5.68. The molecule has 1 aliphatic rings. The van der Waals surface area contributed by atoms with E-state index >= 15 is 0 Å². The zero-order valence-electron chi connectivity index (χ0n) is 17.9. The van der Waals surface area contributed by atoms with Crippen LogP contribution in [0.3, 0.4) is 0 Å². The fourth-order valence-corrected chi connectivity index (χ4v) is 4.17. The molecular weight excluding hydrogens is 431 g/mol. The largest absolute Gasteiger partial charge is 0.445 e. The number of nitrogens with one attached hydrogen (secondary N) is 1. The average molecular weight is 455 g/mol. The van der Waals surface area contributed by atoms with Crippen molar-refractivity contribution in [1.82, 2.24) is 5.32 Å². The van der Waals surface area contributed by atoms with Crippen molar-refractivity contribution in [3.05, 3.63) is 106 Å². The van der Waals surface area contributed by atoms with Gasteiger partial charge in [-0.15, -0.1) is 0 Å². The Balaban J connectivity index is 1.38. The van der Waals surface area contributed by atoms with Crippen LogP contribution in [0.5, 0.6) is 0 Å². The fourth-order valence-electron chi connectivity index (χ4n) is 4.17. The molecule has 3 aromatic carbocycles. The van der Waals surface area contributed by atoms with Crippen LogP contribution in [-0.2, 0) is 43.4 Å². The van der Waals surface area contributed by atoms with Crippen molar-refractivity contribution < 1.29 is 27.8 Å². The van der Waals surface area contributed by atoms with E-state index in [4.69, 9.17) is 4.74 Å². The second kappa shape index (κ2) is 9.67. The number of aliphatic hydroxyl groups excluding tert-OH is 1. The molecule has 0 radical (unpaired) electrons. The number of hydrogen-bond acceptors (Lipinski definition) is 3. The van der Waals surface area contributed by atoms with Crippen LogP contribution in [0.15, 0.2) is 66.7 Å². The van der Waals surface area contributed by atoms with Crippen LogP contribution in [0.2, 0.25) is 0 Å². The smallest absolute Gasteiger partial charge is 0.416 e. The average Bonchev–Trinajstić information content (AvgIpc) is 3.19. The summed E-state index contributed by atoms with van der Waals surface area (Å²) in [5.41, 5.74) is 3.92. The molecule has 0 fully saturated rings. The molecule has 33 heavy (non-hydrogen) atoms. The summed E-state index contributed by atoms with van der Waals surface area (Å²) in [5.74, 6) is 0. The molecule has 0 spiro atoms. The summed E-state index contributed by atoms with van der Waals surface area (Å²) in [6, 6.07) is 18.9. The predicted molar refractivity (Wildman–Crippen MR) is 118 cm³/mol. The Hall–Kier alpha value is -3.32. The van der Waals surface area contributed by atoms with Gasteiger partial charge in [-0.3, -0.25) is 0 Å². The van der Waals surface area contributed by atoms with Crippen LogP contribution in [0.1, 0.15) is 38.9 Å². The van der Waals surface area contributed by atoms with Gasteiger partial charge in [0.2, 0.25) is 0 Å². The number of benzene rings is 3. The normalized spacial score (nSPS) is 15.2. The molecule has 0 bridgehead atoms. The van der Waals surface area contributed by atoms with Crippen molar-refractivity contribution >= 4 is 6.09 Å². The number of halogens is 3. The summed E-state index contributed by atoms with van der Waals surface area (Å²) in [5, 5.41) is 12.2. The molecule has 1 unspecified atom stereocenters. The minimum Gasteiger partial charge on any atom is -0.445 e. The van der Waals surface area contributed by atoms with Crippen molar-refractivity contribution in [2.75, 3.05) is 0 Å². The Morgan fingerprint density at radius 3 is 2.36 bits per heavy atom. The van der Waals surface area contributed by atoms with Crippen LogP contribution in [0.25, 0.3) is 0 Å². The van der Waals surface area contributed by atoms with Gasteiger partial charge in [-0.2, -0.15) is 13.2 Å². The lowest BCUT2D eigenvalue weighted by Crippen LogP contribution is -2.35. The molecule has 2 N–H and O–H groups in total. The standard InChI is InChI=1S/C26H24F3NO3/c27-26(28,29)23-11-19(9-20(12-23)15-31)8-18-6-7-21-13-24(14-22(21)10-18)30-25(32)33-16-17-4-2-1-3-5-17/h1-7,9-12,24,31H,8,13-16H2,(H,30,32). The third-order valence-corrected chi connectivity index (χ3v) is 5.71. The molecule has 1 aliphatic carbocycles. The minimum absolute atomic E-state index is 0.0897. The Labute approximate surface area is 190 Å². The first-order valence-corrected chi connectivity index (χ1v) is 10.7. The summed E-state index contributed by atoms with van der Waals surface area (Å²) >= 11 is 0. The van der Waals surface area contributed by atoms with Crippen LogP contribution in [-0.4, -0.2) is 17.2 Å². The minimum atomic E-state index is -4.47. The maximum absolute atomic E-state index is 13.2. The third-order valence-electron chi connectivity index (χ3n) is 5.71. The quantitative estimate of drug-likeness (QED) is 0.538. The van der Waals surface area contributed by atoms with Crippen LogP contribution >= 0.6 is 0 Å². The number of carbonyl (C=O) groups excluding carboxylic acids is 1. The van der Waals surface area contributed by atoms with E-state index in [1.807, 2.05) is 48.5 Å². The number of rotatable bonds is 6. The summed E-state index contributed by atoms with van der Waals surface area (Å²) in [7, 11) is 0. The lowest BCUT2D eigenvalue weighted by molar-refractivity contribution is -0.137. The van der Waals surface area contributed by atoms with Crippen molar-refractivity contribution in [1.29, 1.82) is 0 Å². The molecule has 0 saturated carbocycles. The summed E-state index contributed by atoms with van der Waals surface area (Å²) in [6.45, 7) is -0.252. The van der Waals surface area contributed by atoms with Gasteiger partial charge in [0.1, 0.15) is 6.61 Å². The Morgan fingerprint density at radius 2 is 1.64 bits per heavy atom. The van der Waals surface area contributed by atoms with Crippen molar-refractivity contribution in [2.24, 2.45) is 0 Å². The first-order chi connectivity index (χ1) is 15.8.